The van der Waals surface area contributed by atoms with Crippen molar-refractivity contribution in [3.05, 3.63) is 41.3 Å². The molecular weight excluding hydrogens is 406 g/mol. The number of nitrogens with zero attached hydrogens (tertiary/aromatic N) is 4. The standard InChI is InChI=1S/C24H31N5O3/c1-15-11-16(2)14-29(13-15)23-22-17(3)28-32-24(22)27-20(26-23)9-10-21(30)25-12-18-7-5-6-8-19(18)31-4/h5-8,15-16H,9-14H2,1-4H3,(H,25,30). The van der Waals surface area contributed by atoms with Gasteiger partial charge in [-0.1, -0.05) is 37.2 Å². The van der Waals surface area contributed by atoms with Crippen LogP contribution in [0.2, 0.25) is 0 Å². The van der Waals surface area contributed by atoms with E-state index in [1.165, 1.54) is 6.42 Å². The normalized spacial score (nSPS) is 18.7. The molecular formula is C24H31N5O3. The van der Waals surface area contributed by atoms with Gasteiger partial charge in [0.25, 0.3) is 5.71 Å². The lowest BCUT2D eigenvalue weighted by atomic mass is 9.92. The minimum Gasteiger partial charge on any atom is -0.496 e. The zero-order valence-electron chi connectivity index (χ0n) is 19.2. The fourth-order valence-electron chi connectivity index (χ4n) is 4.54. The average molecular weight is 438 g/mol. The lowest BCUT2D eigenvalue weighted by Gasteiger charge is -2.36. The molecule has 8 nitrogen and oxygen atoms in total. The molecule has 1 aromatic carbocycles. The van der Waals surface area contributed by atoms with Crippen molar-refractivity contribution in [1.29, 1.82) is 0 Å². The van der Waals surface area contributed by atoms with Crippen LogP contribution in [0.1, 0.15) is 43.8 Å². The summed E-state index contributed by atoms with van der Waals surface area (Å²) in [5, 5.41) is 7.93. The predicted molar refractivity (Wildman–Crippen MR) is 123 cm³/mol. The van der Waals surface area contributed by atoms with Crippen LogP contribution in [0.15, 0.2) is 28.8 Å². The highest BCUT2D eigenvalue weighted by atomic mass is 16.5. The Morgan fingerprint density at radius 2 is 1.97 bits per heavy atom. The molecule has 2 unspecified atom stereocenters. The molecule has 0 spiro atoms. The first-order chi connectivity index (χ1) is 15.4. The van der Waals surface area contributed by atoms with Gasteiger partial charge in [0.2, 0.25) is 5.91 Å². The molecule has 3 heterocycles. The Morgan fingerprint density at radius 1 is 1.22 bits per heavy atom. The number of anilines is 1. The molecule has 3 aromatic rings. The number of nitrogens with one attached hydrogen (secondary N) is 1. The van der Waals surface area contributed by atoms with E-state index < -0.39 is 0 Å². The summed E-state index contributed by atoms with van der Waals surface area (Å²) in [5.41, 5.74) is 2.22. The number of aromatic nitrogens is 3. The van der Waals surface area contributed by atoms with Crippen LogP contribution in [0.3, 0.4) is 0 Å². The van der Waals surface area contributed by atoms with Gasteiger partial charge in [-0.3, -0.25) is 4.79 Å². The van der Waals surface area contributed by atoms with Crippen molar-refractivity contribution in [3.8, 4) is 5.75 Å². The van der Waals surface area contributed by atoms with Gasteiger partial charge in [-0.15, -0.1) is 0 Å². The van der Waals surface area contributed by atoms with Crippen molar-refractivity contribution < 1.29 is 14.1 Å². The quantitative estimate of drug-likeness (QED) is 0.603. The van der Waals surface area contributed by atoms with Crippen LogP contribution >= 0.6 is 0 Å². The molecule has 0 aliphatic carbocycles. The van der Waals surface area contributed by atoms with Gasteiger partial charge < -0.3 is 19.5 Å². The highest BCUT2D eigenvalue weighted by Crippen LogP contribution is 2.32. The number of amides is 1. The number of aryl methyl sites for hydroxylation is 2. The first kappa shape index (κ1) is 22.0. The van der Waals surface area contributed by atoms with Crippen LogP contribution in [0.4, 0.5) is 5.82 Å². The van der Waals surface area contributed by atoms with E-state index in [2.05, 4.69) is 34.2 Å². The number of piperidine rings is 1. The molecule has 2 atom stereocenters. The van der Waals surface area contributed by atoms with Gasteiger partial charge in [0.15, 0.2) is 0 Å². The number of carbonyl (C=O) groups is 1. The third-order valence-electron chi connectivity index (χ3n) is 5.95. The van der Waals surface area contributed by atoms with E-state index in [1.807, 2.05) is 31.2 Å². The molecule has 0 saturated carbocycles. The second-order valence-corrected chi connectivity index (χ2v) is 8.85. The van der Waals surface area contributed by atoms with Gasteiger partial charge in [0.05, 0.1) is 12.8 Å². The van der Waals surface area contributed by atoms with Crippen molar-refractivity contribution >= 4 is 22.8 Å². The number of fused-ring (bicyclic) bond motifs is 1. The third kappa shape index (κ3) is 4.84. The molecule has 170 valence electrons. The van der Waals surface area contributed by atoms with Crippen LogP contribution in [-0.2, 0) is 17.8 Å². The lowest BCUT2D eigenvalue weighted by molar-refractivity contribution is -0.121. The molecule has 4 rings (SSSR count). The van der Waals surface area contributed by atoms with E-state index in [0.29, 0.717) is 42.8 Å². The monoisotopic (exact) mass is 437 g/mol. The van der Waals surface area contributed by atoms with Gasteiger partial charge in [-0.2, -0.15) is 4.98 Å². The molecule has 1 aliphatic rings. The van der Waals surface area contributed by atoms with Crippen LogP contribution in [0, 0.1) is 18.8 Å². The number of benzene rings is 1. The molecule has 1 aliphatic heterocycles. The van der Waals surface area contributed by atoms with Crippen LogP contribution < -0.4 is 15.0 Å². The van der Waals surface area contributed by atoms with E-state index in [0.717, 1.165) is 41.3 Å². The summed E-state index contributed by atoms with van der Waals surface area (Å²) >= 11 is 0. The van der Waals surface area contributed by atoms with Gasteiger partial charge in [-0.05, 0) is 31.2 Å². The first-order valence-electron chi connectivity index (χ1n) is 11.2. The van der Waals surface area contributed by atoms with Gasteiger partial charge >= 0.3 is 0 Å². The van der Waals surface area contributed by atoms with Gasteiger partial charge in [0, 0.05) is 38.0 Å². The average Bonchev–Trinajstić information content (AvgIpc) is 3.16. The number of hydrogen-bond acceptors (Lipinski definition) is 7. The minimum absolute atomic E-state index is 0.0601. The Labute approximate surface area is 188 Å². The third-order valence-corrected chi connectivity index (χ3v) is 5.95. The highest BCUT2D eigenvalue weighted by Gasteiger charge is 2.27. The molecule has 0 radical (unpaired) electrons. The Kier molecular flexibility index (Phi) is 6.58. The molecule has 32 heavy (non-hydrogen) atoms. The number of para-hydroxylation sites is 1. The maximum atomic E-state index is 12.5. The summed E-state index contributed by atoms with van der Waals surface area (Å²) in [6, 6.07) is 7.66. The second kappa shape index (κ2) is 9.54. The largest absolute Gasteiger partial charge is 0.496 e. The molecule has 0 bridgehead atoms. The van der Waals surface area contributed by atoms with Crippen molar-refractivity contribution in [2.24, 2.45) is 11.8 Å². The lowest BCUT2D eigenvalue weighted by Crippen LogP contribution is -2.39. The molecule has 1 saturated heterocycles. The second-order valence-electron chi connectivity index (χ2n) is 8.85. The Balaban J connectivity index is 1.47. The van der Waals surface area contributed by atoms with E-state index in [1.54, 1.807) is 7.11 Å². The number of methoxy groups -OCH3 is 1. The van der Waals surface area contributed by atoms with Crippen molar-refractivity contribution in [3.63, 3.8) is 0 Å². The van der Waals surface area contributed by atoms with Crippen LogP contribution in [0.5, 0.6) is 5.75 Å². The van der Waals surface area contributed by atoms with Crippen LogP contribution in [0.25, 0.3) is 11.1 Å². The van der Waals surface area contributed by atoms with E-state index in [4.69, 9.17) is 14.2 Å². The number of hydrogen-bond donors (Lipinski definition) is 1. The van der Waals surface area contributed by atoms with Crippen molar-refractivity contribution in [2.45, 2.75) is 46.6 Å². The van der Waals surface area contributed by atoms with E-state index >= 15 is 0 Å². The summed E-state index contributed by atoms with van der Waals surface area (Å²) in [5.74, 6) is 3.35. The maximum absolute atomic E-state index is 12.5. The molecule has 2 aromatic heterocycles. The minimum atomic E-state index is -0.0601. The summed E-state index contributed by atoms with van der Waals surface area (Å²) < 4.78 is 10.8. The summed E-state index contributed by atoms with van der Waals surface area (Å²) in [6.45, 7) is 8.77. The van der Waals surface area contributed by atoms with E-state index in [9.17, 15) is 4.79 Å². The predicted octanol–water partition coefficient (Wildman–Crippen LogP) is 3.67. The molecule has 1 amide bonds. The van der Waals surface area contributed by atoms with Gasteiger partial charge in [0.1, 0.15) is 22.8 Å². The van der Waals surface area contributed by atoms with Crippen molar-refractivity contribution in [1.82, 2.24) is 20.4 Å². The Hall–Kier alpha value is -3.16. The smallest absolute Gasteiger partial charge is 0.263 e. The fraction of sp³-hybridized carbons (Fsp3) is 0.500. The molecule has 1 N–H and O–H groups in total. The summed E-state index contributed by atoms with van der Waals surface area (Å²) in [6.07, 6.45) is 1.94. The molecule has 1 fully saturated rings. The van der Waals surface area contributed by atoms with Gasteiger partial charge in [-0.25, -0.2) is 4.98 Å². The van der Waals surface area contributed by atoms with Crippen LogP contribution in [-0.4, -0.2) is 41.2 Å². The topological polar surface area (TPSA) is 93.4 Å². The zero-order valence-corrected chi connectivity index (χ0v) is 19.2. The number of rotatable bonds is 7. The number of carbonyl (C=O) groups excluding carboxylic acids is 1. The Morgan fingerprint density at radius 3 is 2.72 bits per heavy atom. The zero-order chi connectivity index (χ0) is 22.7. The van der Waals surface area contributed by atoms with E-state index in [-0.39, 0.29) is 5.91 Å². The first-order valence-corrected chi connectivity index (χ1v) is 11.2. The SMILES string of the molecule is COc1ccccc1CNC(=O)CCc1nc(N2CC(C)CC(C)C2)c2c(C)noc2n1. The fourth-order valence-corrected chi connectivity index (χ4v) is 4.54. The summed E-state index contributed by atoms with van der Waals surface area (Å²) in [7, 11) is 1.63. The maximum Gasteiger partial charge on any atom is 0.263 e. The number of ether oxygens (including phenoxy) is 1. The highest BCUT2D eigenvalue weighted by molar-refractivity contribution is 5.88. The molecule has 8 heteroatoms. The summed E-state index contributed by atoms with van der Waals surface area (Å²) in [4.78, 5) is 24.2. The van der Waals surface area contributed by atoms with Crippen molar-refractivity contribution in [2.75, 3.05) is 25.1 Å². The Bertz CT molecular complexity index is 1090.